The first-order valence-electron chi connectivity index (χ1n) is 5.50. The smallest absolute Gasteiger partial charge is 0.320 e. The molecule has 0 saturated heterocycles. The van der Waals surface area contributed by atoms with Crippen LogP contribution in [-0.4, -0.2) is 29.1 Å². The molecule has 0 radical (unpaired) electrons. The number of thiophene rings is 1. The first kappa shape index (κ1) is 13.2. The molecule has 0 aromatic carbocycles. The lowest BCUT2D eigenvalue weighted by Gasteiger charge is -2.27. The van der Waals surface area contributed by atoms with Crippen LogP contribution in [0.2, 0.25) is 0 Å². The Labute approximate surface area is 101 Å². The summed E-state index contributed by atoms with van der Waals surface area (Å²) >= 11 is 1.76. The summed E-state index contributed by atoms with van der Waals surface area (Å²) < 4.78 is 0. The van der Waals surface area contributed by atoms with Gasteiger partial charge in [-0.2, -0.15) is 0 Å². The molecule has 4 heteroatoms. The van der Waals surface area contributed by atoms with Crippen molar-refractivity contribution >= 4 is 17.3 Å². The molecule has 0 aliphatic heterocycles. The lowest BCUT2D eigenvalue weighted by molar-refractivity contribution is -0.142. The van der Waals surface area contributed by atoms with Gasteiger partial charge in [0.1, 0.15) is 6.04 Å². The zero-order chi connectivity index (χ0) is 12.3. The lowest BCUT2D eigenvalue weighted by atomic mass is 10.2. The molecule has 3 nitrogen and oxygen atoms in total. The fourth-order valence-electron chi connectivity index (χ4n) is 1.52. The van der Waals surface area contributed by atoms with E-state index < -0.39 is 12.0 Å². The SMILES string of the molecule is CCc1ccc(C(C)N(C)C(C)C(=O)O)s1. The van der Waals surface area contributed by atoms with E-state index in [9.17, 15) is 4.79 Å². The fourth-order valence-corrected chi connectivity index (χ4v) is 2.58. The van der Waals surface area contributed by atoms with Crippen LogP contribution in [0.1, 0.15) is 36.6 Å². The Balaban J connectivity index is 2.76. The number of nitrogens with zero attached hydrogens (tertiary/aromatic N) is 1. The number of hydrogen-bond donors (Lipinski definition) is 1. The van der Waals surface area contributed by atoms with Gasteiger partial charge in [-0.1, -0.05) is 6.92 Å². The number of likely N-dealkylation sites (N-methyl/N-ethyl adjacent to an activating group) is 1. The van der Waals surface area contributed by atoms with Gasteiger partial charge in [-0.15, -0.1) is 11.3 Å². The van der Waals surface area contributed by atoms with Gasteiger partial charge in [0.2, 0.25) is 0 Å². The van der Waals surface area contributed by atoms with Crippen LogP contribution in [-0.2, 0) is 11.2 Å². The Kier molecular flexibility index (Phi) is 4.50. The van der Waals surface area contributed by atoms with Gasteiger partial charge in [0.15, 0.2) is 0 Å². The minimum absolute atomic E-state index is 0.149. The molecule has 0 fully saturated rings. The Bertz CT molecular complexity index is 362. The highest BCUT2D eigenvalue weighted by Gasteiger charge is 2.23. The van der Waals surface area contributed by atoms with Crippen molar-refractivity contribution in [2.45, 2.75) is 39.3 Å². The maximum atomic E-state index is 10.9. The van der Waals surface area contributed by atoms with Crippen LogP contribution < -0.4 is 0 Å². The third-order valence-corrected chi connectivity index (χ3v) is 4.42. The van der Waals surface area contributed by atoms with Crippen molar-refractivity contribution in [1.29, 1.82) is 0 Å². The van der Waals surface area contributed by atoms with Crippen molar-refractivity contribution in [1.82, 2.24) is 4.90 Å². The van der Waals surface area contributed by atoms with Crippen molar-refractivity contribution in [3.05, 3.63) is 21.9 Å². The zero-order valence-electron chi connectivity index (χ0n) is 10.2. The second-order valence-electron chi connectivity index (χ2n) is 4.01. The number of aryl methyl sites for hydroxylation is 1. The number of carboxylic acid groups (broad SMARTS) is 1. The van der Waals surface area contributed by atoms with Crippen molar-refractivity contribution < 1.29 is 9.90 Å². The molecule has 1 aromatic heterocycles. The molecule has 1 N–H and O–H groups in total. The normalized spacial score (nSPS) is 15.1. The second-order valence-corrected chi connectivity index (χ2v) is 5.21. The Morgan fingerprint density at radius 3 is 2.56 bits per heavy atom. The van der Waals surface area contributed by atoms with E-state index in [1.54, 1.807) is 18.3 Å². The average Bonchev–Trinajstić information content (AvgIpc) is 2.74. The molecule has 1 heterocycles. The first-order valence-corrected chi connectivity index (χ1v) is 6.32. The van der Waals surface area contributed by atoms with Crippen molar-refractivity contribution in [3.8, 4) is 0 Å². The minimum Gasteiger partial charge on any atom is -0.480 e. The van der Waals surface area contributed by atoms with Crippen molar-refractivity contribution in [2.75, 3.05) is 7.05 Å². The molecule has 2 atom stereocenters. The summed E-state index contributed by atoms with van der Waals surface area (Å²) in [5.41, 5.74) is 0. The summed E-state index contributed by atoms with van der Waals surface area (Å²) in [5.74, 6) is -0.776. The van der Waals surface area contributed by atoms with Gasteiger partial charge in [0.05, 0.1) is 0 Å². The molecule has 0 spiro atoms. The minimum atomic E-state index is -0.776. The Morgan fingerprint density at radius 1 is 1.50 bits per heavy atom. The molecular weight excluding hydrogens is 222 g/mol. The van der Waals surface area contributed by atoms with Gasteiger partial charge < -0.3 is 5.11 Å². The van der Waals surface area contributed by atoms with E-state index in [4.69, 9.17) is 5.11 Å². The quantitative estimate of drug-likeness (QED) is 0.861. The summed E-state index contributed by atoms with van der Waals surface area (Å²) in [6.07, 6.45) is 1.04. The van der Waals surface area contributed by atoms with Crippen molar-refractivity contribution in [2.24, 2.45) is 0 Å². The van der Waals surface area contributed by atoms with E-state index in [1.807, 2.05) is 18.9 Å². The molecule has 1 aromatic rings. The van der Waals surface area contributed by atoms with Gasteiger partial charge in [-0.3, -0.25) is 9.69 Å². The summed E-state index contributed by atoms with van der Waals surface area (Å²) in [4.78, 5) is 15.4. The Morgan fingerprint density at radius 2 is 2.12 bits per heavy atom. The third kappa shape index (κ3) is 2.83. The molecule has 1 rings (SSSR count). The predicted molar refractivity (Wildman–Crippen MR) is 67.0 cm³/mol. The molecular formula is C12H19NO2S. The molecule has 0 amide bonds. The monoisotopic (exact) mass is 241 g/mol. The number of hydrogen-bond acceptors (Lipinski definition) is 3. The number of rotatable bonds is 5. The van der Waals surface area contributed by atoms with Crippen LogP contribution in [0.4, 0.5) is 0 Å². The van der Waals surface area contributed by atoms with Crippen LogP contribution in [0.15, 0.2) is 12.1 Å². The largest absolute Gasteiger partial charge is 0.480 e. The Hall–Kier alpha value is -0.870. The maximum Gasteiger partial charge on any atom is 0.320 e. The average molecular weight is 241 g/mol. The van der Waals surface area contributed by atoms with E-state index in [0.717, 1.165) is 6.42 Å². The van der Waals surface area contributed by atoms with Crippen LogP contribution in [0.3, 0.4) is 0 Å². The molecule has 90 valence electrons. The van der Waals surface area contributed by atoms with Crippen LogP contribution in [0, 0.1) is 0 Å². The molecule has 0 bridgehead atoms. The van der Waals surface area contributed by atoms with E-state index in [-0.39, 0.29) is 6.04 Å². The topological polar surface area (TPSA) is 40.5 Å². The second kappa shape index (κ2) is 5.46. The summed E-state index contributed by atoms with van der Waals surface area (Å²) in [6, 6.07) is 3.91. The van der Waals surface area contributed by atoms with E-state index >= 15 is 0 Å². The molecule has 0 aliphatic carbocycles. The molecule has 0 aliphatic rings. The highest BCUT2D eigenvalue weighted by atomic mass is 32.1. The van der Waals surface area contributed by atoms with Crippen LogP contribution in [0.25, 0.3) is 0 Å². The highest BCUT2D eigenvalue weighted by molar-refractivity contribution is 7.12. The van der Waals surface area contributed by atoms with Gasteiger partial charge in [0.25, 0.3) is 0 Å². The van der Waals surface area contributed by atoms with Gasteiger partial charge >= 0.3 is 5.97 Å². The van der Waals surface area contributed by atoms with E-state index in [1.165, 1.54) is 9.75 Å². The van der Waals surface area contributed by atoms with Gasteiger partial charge in [0, 0.05) is 15.8 Å². The van der Waals surface area contributed by atoms with Crippen LogP contribution in [0.5, 0.6) is 0 Å². The number of aliphatic carboxylic acids is 1. The zero-order valence-corrected chi connectivity index (χ0v) is 11.0. The summed E-state index contributed by atoms with van der Waals surface area (Å²) in [6.45, 7) is 5.89. The highest BCUT2D eigenvalue weighted by Crippen LogP contribution is 2.28. The summed E-state index contributed by atoms with van der Waals surface area (Å²) in [7, 11) is 1.86. The molecule has 16 heavy (non-hydrogen) atoms. The van der Waals surface area contributed by atoms with Crippen LogP contribution >= 0.6 is 11.3 Å². The third-order valence-electron chi connectivity index (χ3n) is 3.02. The van der Waals surface area contributed by atoms with Crippen molar-refractivity contribution in [3.63, 3.8) is 0 Å². The molecule has 2 unspecified atom stereocenters. The van der Waals surface area contributed by atoms with Gasteiger partial charge in [-0.05, 0) is 39.4 Å². The standard InChI is InChI=1S/C12H19NO2S/c1-5-10-6-7-11(16-10)8(2)13(4)9(3)12(14)15/h6-9H,5H2,1-4H3,(H,14,15). The van der Waals surface area contributed by atoms with E-state index in [2.05, 4.69) is 19.1 Å². The van der Waals surface area contributed by atoms with Gasteiger partial charge in [-0.25, -0.2) is 0 Å². The van der Waals surface area contributed by atoms with E-state index in [0.29, 0.717) is 0 Å². The number of carboxylic acids is 1. The molecule has 0 saturated carbocycles. The lowest BCUT2D eigenvalue weighted by Crippen LogP contribution is -2.37. The fraction of sp³-hybridized carbons (Fsp3) is 0.583. The predicted octanol–water partition coefficient (Wildman–Crippen LogP) is 2.78. The maximum absolute atomic E-state index is 10.9. The summed E-state index contributed by atoms with van der Waals surface area (Å²) in [5, 5.41) is 8.96. The number of carbonyl (C=O) groups is 1. The first-order chi connectivity index (χ1) is 7.47.